The molecule has 1 atom stereocenters. The predicted octanol–water partition coefficient (Wildman–Crippen LogP) is 0.899. The largest absolute Gasteiger partial charge is 0.385 e. The van der Waals surface area contributed by atoms with Crippen LogP contribution in [0.5, 0.6) is 0 Å². The molecular weight excluding hydrogens is 266 g/mol. The first-order chi connectivity index (χ1) is 10.0. The Morgan fingerprint density at radius 1 is 1.14 bits per heavy atom. The number of unbranched alkanes of at least 4 members (excludes halogenated alkanes) is 1. The van der Waals surface area contributed by atoms with Crippen molar-refractivity contribution < 1.29 is 9.53 Å². The maximum Gasteiger partial charge on any atom is 0.229 e. The topological polar surface area (TPSA) is 36.0 Å². The average Bonchev–Trinajstić information content (AvgIpc) is 2.84. The highest BCUT2D eigenvalue weighted by atomic mass is 16.5. The molecule has 0 saturated carbocycles. The summed E-state index contributed by atoms with van der Waals surface area (Å²) >= 11 is 0. The maximum atomic E-state index is 12.7. The molecule has 2 saturated heterocycles. The van der Waals surface area contributed by atoms with Gasteiger partial charge in [0.15, 0.2) is 0 Å². The van der Waals surface area contributed by atoms with Crippen molar-refractivity contribution in [3.8, 4) is 0 Å². The lowest BCUT2D eigenvalue weighted by atomic mass is 9.88. The summed E-state index contributed by atoms with van der Waals surface area (Å²) in [6.45, 7) is 9.89. The minimum absolute atomic E-state index is 0.157. The second-order valence-corrected chi connectivity index (χ2v) is 6.88. The van der Waals surface area contributed by atoms with E-state index in [1.54, 1.807) is 7.11 Å². The smallest absolute Gasteiger partial charge is 0.229 e. The van der Waals surface area contributed by atoms with Crippen LogP contribution in [0.3, 0.4) is 0 Å². The predicted molar refractivity (Wildman–Crippen MR) is 84.4 cm³/mol. The van der Waals surface area contributed by atoms with Crippen molar-refractivity contribution in [2.75, 3.05) is 66.6 Å². The van der Waals surface area contributed by atoms with Gasteiger partial charge < -0.3 is 14.5 Å². The number of carbonyl (C=O) groups excluding carboxylic acids is 1. The fourth-order valence-electron chi connectivity index (χ4n) is 3.50. The zero-order valence-electron chi connectivity index (χ0n) is 13.9. The van der Waals surface area contributed by atoms with Gasteiger partial charge in [0.1, 0.15) is 0 Å². The van der Waals surface area contributed by atoms with E-state index in [-0.39, 0.29) is 5.41 Å². The van der Waals surface area contributed by atoms with E-state index in [0.717, 1.165) is 65.3 Å². The molecule has 2 aliphatic rings. The summed E-state index contributed by atoms with van der Waals surface area (Å²) in [5, 5.41) is 0. The molecule has 21 heavy (non-hydrogen) atoms. The second-order valence-electron chi connectivity index (χ2n) is 6.88. The van der Waals surface area contributed by atoms with Gasteiger partial charge in [-0.3, -0.25) is 9.69 Å². The van der Waals surface area contributed by atoms with Crippen LogP contribution in [0.2, 0.25) is 0 Å². The monoisotopic (exact) mass is 297 g/mol. The van der Waals surface area contributed by atoms with Crippen LogP contribution >= 0.6 is 0 Å². The van der Waals surface area contributed by atoms with Gasteiger partial charge in [0.2, 0.25) is 5.91 Å². The third-order valence-electron chi connectivity index (χ3n) is 4.91. The number of hydrogen-bond acceptors (Lipinski definition) is 4. The Labute approximate surface area is 129 Å². The first-order valence-corrected chi connectivity index (χ1v) is 8.24. The molecule has 1 amide bonds. The first-order valence-electron chi connectivity index (χ1n) is 8.24. The molecule has 0 unspecified atom stereocenters. The molecule has 0 N–H and O–H groups in total. The highest BCUT2D eigenvalue weighted by Crippen LogP contribution is 2.31. The minimum Gasteiger partial charge on any atom is -0.385 e. The number of ether oxygens (including phenoxy) is 1. The van der Waals surface area contributed by atoms with Crippen LogP contribution in [0.4, 0.5) is 0 Å². The lowest BCUT2D eigenvalue weighted by Crippen LogP contribution is -2.53. The third-order valence-corrected chi connectivity index (χ3v) is 4.91. The van der Waals surface area contributed by atoms with Crippen molar-refractivity contribution >= 4 is 5.91 Å². The molecule has 5 heteroatoms. The quantitative estimate of drug-likeness (QED) is 0.683. The van der Waals surface area contributed by atoms with E-state index in [1.807, 2.05) is 0 Å². The number of nitrogens with zero attached hydrogens (tertiary/aromatic N) is 3. The number of likely N-dealkylation sites (tertiary alicyclic amines) is 1. The normalized spacial score (nSPS) is 28.2. The van der Waals surface area contributed by atoms with Gasteiger partial charge >= 0.3 is 0 Å². The Hall–Kier alpha value is -0.650. The van der Waals surface area contributed by atoms with Gasteiger partial charge in [-0.05, 0) is 46.3 Å². The molecule has 0 aromatic rings. The van der Waals surface area contributed by atoms with Gasteiger partial charge in [0, 0.05) is 46.4 Å². The molecular formula is C16H31N3O2. The number of rotatable bonds is 6. The van der Waals surface area contributed by atoms with Gasteiger partial charge in [0.05, 0.1) is 5.41 Å². The van der Waals surface area contributed by atoms with Crippen LogP contribution in [0.1, 0.15) is 26.2 Å². The highest BCUT2D eigenvalue weighted by Gasteiger charge is 2.41. The lowest BCUT2D eigenvalue weighted by Gasteiger charge is -2.38. The summed E-state index contributed by atoms with van der Waals surface area (Å²) in [5.41, 5.74) is -0.157. The van der Waals surface area contributed by atoms with Crippen LogP contribution in [-0.4, -0.2) is 87.2 Å². The van der Waals surface area contributed by atoms with Crippen molar-refractivity contribution in [3.05, 3.63) is 0 Å². The van der Waals surface area contributed by atoms with E-state index in [0.29, 0.717) is 5.91 Å². The summed E-state index contributed by atoms with van der Waals surface area (Å²) in [5.74, 6) is 0.367. The Morgan fingerprint density at radius 2 is 1.86 bits per heavy atom. The molecule has 0 spiro atoms. The van der Waals surface area contributed by atoms with E-state index in [1.165, 1.54) is 6.42 Å². The summed E-state index contributed by atoms with van der Waals surface area (Å²) < 4.78 is 5.08. The molecule has 0 bridgehead atoms. The maximum absolute atomic E-state index is 12.7. The fourth-order valence-corrected chi connectivity index (χ4v) is 3.50. The van der Waals surface area contributed by atoms with E-state index >= 15 is 0 Å². The Balaban J connectivity index is 1.72. The highest BCUT2D eigenvalue weighted by molar-refractivity contribution is 5.83. The number of carbonyl (C=O) groups is 1. The Bertz CT molecular complexity index is 342. The number of hydrogen-bond donors (Lipinski definition) is 0. The van der Waals surface area contributed by atoms with Crippen LogP contribution in [0.25, 0.3) is 0 Å². The molecule has 2 heterocycles. The molecule has 0 aromatic carbocycles. The molecule has 0 radical (unpaired) electrons. The molecule has 2 aliphatic heterocycles. The van der Waals surface area contributed by atoms with Crippen LogP contribution < -0.4 is 0 Å². The summed E-state index contributed by atoms with van der Waals surface area (Å²) in [4.78, 5) is 19.6. The van der Waals surface area contributed by atoms with Gasteiger partial charge in [-0.2, -0.15) is 0 Å². The van der Waals surface area contributed by atoms with Crippen LogP contribution in [-0.2, 0) is 9.53 Å². The van der Waals surface area contributed by atoms with Gasteiger partial charge in [0.25, 0.3) is 0 Å². The van der Waals surface area contributed by atoms with E-state index < -0.39 is 0 Å². The van der Waals surface area contributed by atoms with Gasteiger partial charge in [-0.25, -0.2) is 0 Å². The van der Waals surface area contributed by atoms with Crippen molar-refractivity contribution in [2.24, 2.45) is 5.41 Å². The first kappa shape index (κ1) is 16.7. The van der Waals surface area contributed by atoms with Crippen LogP contribution in [0, 0.1) is 5.41 Å². The molecule has 5 nitrogen and oxygen atoms in total. The zero-order valence-corrected chi connectivity index (χ0v) is 13.9. The molecule has 0 aromatic heterocycles. The molecule has 122 valence electrons. The second kappa shape index (κ2) is 7.56. The molecule has 2 rings (SSSR count). The van der Waals surface area contributed by atoms with Crippen molar-refractivity contribution in [1.29, 1.82) is 0 Å². The Kier molecular flexibility index (Phi) is 6.02. The fraction of sp³-hybridized carbons (Fsp3) is 0.938. The lowest BCUT2D eigenvalue weighted by molar-refractivity contribution is -0.142. The average molecular weight is 297 g/mol. The summed E-state index contributed by atoms with van der Waals surface area (Å²) in [6.07, 6.45) is 3.31. The van der Waals surface area contributed by atoms with Crippen LogP contribution in [0.15, 0.2) is 0 Å². The van der Waals surface area contributed by atoms with E-state index in [4.69, 9.17) is 4.74 Å². The zero-order chi connectivity index (χ0) is 15.3. The number of methoxy groups -OCH3 is 1. The number of amides is 1. The van der Waals surface area contributed by atoms with E-state index in [9.17, 15) is 4.79 Å². The standard InChI is InChI=1S/C16H31N3O2/c1-16(6-8-17(2)14-16)15(20)19-11-9-18(10-12-19)7-4-5-13-21-3/h4-14H2,1-3H3/t16-/m1/s1. The summed E-state index contributed by atoms with van der Waals surface area (Å²) in [7, 11) is 3.86. The Morgan fingerprint density at radius 3 is 2.43 bits per heavy atom. The number of piperazine rings is 1. The van der Waals surface area contributed by atoms with Crippen molar-refractivity contribution in [1.82, 2.24) is 14.7 Å². The van der Waals surface area contributed by atoms with Crippen molar-refractivity contribution in [2.45, 2.75) is 26.2 Å². The molecule has 2 fully saturated rings. The van der Waals surface area contributed by atoms with Crippen molar-refractivity contribution in [3.63, 3.8) is 0 Å². The third kappa shape index (κ3) is 4.41. The molecule has 0 aliphatic carbocycles. The van der Waals surface area contributed by atoms with E-state index in [2.05, 4.69) is 28.7 Å². The van der Waals surface area contributed by atoms with Gasteiger partial charge in [-0.1, -0.05) is 0 Å². The SMILES string of the molecule is COCCCCN1CCN(C(=O)[C@]2(C)CCN(C)C2)CC1. The van der Waals surface area contributed by atoms with Gasteiger partial charge in [-0.15, -0.1) is 0 Å². The minimum atomic E-state index is -0.157. The summed E-state index contributed by atoms with van der Waals surface area (Å²) in [6, 6.07) is 0.